The largest absolute Gasteiger partial charge is 0.490 e. The van der Waals surface area contributed by atoms with Crippen LogP contribution in [-0.2, 0) is 14.4 Å². The molecule has 170 valence electrons. The summed E-state index contributed by atoms with van der Waals surface area (Å²) in [6, 6.07) is 9.60. The second kappa shape index (κ2) is 12.5. The normalized spacial score (nSPS) is 10.5. The summed E-state index contributed by atoms with van der Waals surface area (Å²) in [6.45, 7) is 3.93. The summed E-state index contributed by atoms with van der Waals surface area (Å²) in [6.07, 6.45) is 1.35. The van der Waals surface area contributed by atoms with Crippen molar-refractivity contribution in [1.82, 2.24) is 10.7 Å². The van der Waals surface area contributed by atoms with Gasteiger partial charge in [-0.15, -0.1) is 0 Å². The van der Waals surface area contributed by atoms with Gasteiger partial charge in [-0.2, -0.15) is 5.10 Å². The molecule has 0 aliphatic rings. The Bertz CT molecular complexity index is 1010. The number of likely N-dealkylation sites (N-methyl/N-ethyl adjacent to an activating group) is 1. The van der Waals surface area contributed by atoms with E-state index in [4.69, 9.17) is 32.7 Å². The van der Waals surface area contributed by atoms with Gasteiger partial charge in [0.05, 0.1) is 22.9 Å². The van der Waals surface area contributed by atoms with Gasteiger partial charge in [0, 0.05) is 12.2 Å². The molecule has 0 spiro atoms. The number of nitrogens with one attached hydrogen (secondary N) is 3. The van der Waals surface area contributed by atoms with E-state index in [0.717, 1.165) is 0 Å². The minimum atomic E-state index is -0.874. The Labute approximate surface area is 195 Å². The molecule has 2 aromatic rings. The Morgan fingerprint density at radius 2 is 1.75 bits per heavy atom. The molecule has 0 aromatic heterocycles. The van der Waals surface area contributed by atoms with Crippen molar-refractivity contribution in [2.75, 3.05) is 25.1 Å². The van der Waals surface area contributed by atoms with E-state index < -0.39 is 17.7 Å². The lowest BCUT2D eigenvalue weighted by Gasteiger charge is -2.13. The fourth-order valence-electron chi connectivity index (χ4n) is 2.36. The van der Waals surface area contributed by atoms with E-state index in [-0.39, 0.29) is 6.61 Å². The zero-order chi connectivity index (χ0) is 23.5. The maximum Gasteiger partial charge on any atom is 0.329 e. The highest BCUT2D eigenvalue weighted by Crippen LogP contribution is 2.28. The number of benzene rings is 2. The van der Waals surface area contributed by atoms with Crippen LogP contribution in [0.3, 0.4) is 0 Å². The average molecular weight is 481 g/mol. The van der Waals surface area contributed by atoms with Crippen LogP contribution in [0.5, 0.6) is 11.5 Å². The highest BCUT2D eigenvalue weighted by atomic mass is 35.5. The molecule has 0 fully saturated rings. The number of halogens is 2. The number of anilines is 1. The summed E-state index contributed by atoms with van der Waals surface area (Å²) >= 11 is 11.8. The molecule has 9 nitrogen and oxygen atoms in total. The first-order valence-electron chi connectivity index (χ1n) is 9.59. The quantitative estimate of drug-likeness (QED) is 0.289. The molecule has 0 aliphatic carbocycles. The molecule has 0 aliphatic heterocycles. The monoisotopic (exact) mass is 480 g/mol. The summed E-state index contributed by atoms with van der Waals surface area (Å²) in [4.78, 5) is 35.1. The molecule has 0 heterocycles. The molecule has 3 amide bonds. The van der Waals surface area contributed by atoms with Crippen molar-refractivity contribution < 1.29 is 23.9 Å². The number of amides is 3. The molecule has 3 N–H and O–H groups in total. The van der Waals surface area contributed by atoms with E-state index in [1.807, 2.05) is 0 Å². The molecule has 2 aromatic carbocycles. The molecule has 0 saturated heterocycles. The van der Waals surface area contributed by atoms with Crippen LogP contribution in [0.1, 0.15) is 19.4 Å². The van der Waals surface area contributed by atoms with Gasteiger partial charge in [0.25, 0.3) is 5.91 Å². The summed E-state index contributed by atoms with van der Waals surface area (Å²) in [5.41, 5.74) is 3.19. The Morgan fingerprint density at radius 1 is 0.969 bits per heavy atom. The molecule has 32 heavy (non-hydrogen) atoms. The number of hydrazone groups is 1. The van der Waals surface area contributed by atoms with Crippen molar-refractivity contribution in [1.29, 1.82) is 0 Å². The fourth-order valence-corrected chi connectivity index (χ4v) is 2.66. The predicted octanol–water partition coefficient (Wildman–Crippen LogP) is 3.00. The fraction of sp³-hybridized carbons (Fsp3) is 0.238. The maximum atomic E-state index is 12.2. The molecular formula is C21H22Cl2N4O5. The van der Waals surface area contributed by atoms with Crippen molar-refractivity contribution in [3.05, 3.63) is 52.0 Å². The minimum Gasteiger partial charge on any atom is -0.490 e. The van der Waals surface area contributed by atoms with E-state index in [9.17, 15) is 14.4 Å². The van der Waals surface area contributed by atoms with Crippen molar-refractivity contribution in [2.24, 2.45) is 5.10 Å². The highest BCUT2D eigenvalue weighted by molar-refractivity contribution is 6.42. The van der Waals surface area contributed by atoms with Crippen molar-refractivity contribution in [3.63, 3.8) is 0 Å². The zero-order valence-electron chi connectivity index (χ0n) is 17.4. The number of ether oxygens (including phenoxy) is 2. The number of hydrogen-bond donors (Lipinski definition) is 3. The molecule has 2 rings (SSSR count). The van der Waals surface area contributed by atoms with Crippen LogP contribution in [-0.4, -0.2) is 43.7 Å². The Morgan fingerprint density at radius 3 is 2.44 bits per heavy atom. The van der Waals surface area contributed by atoms with E-state index in [1.54, 1.807) is 44.2 Å². The SMILES string of the molecule is CCNC(=O)C(=O)N/N=C\c1ccc(OCC(=O)Nc2ccc(Cl)c(Cl)c2)c(OCC)c1. The lowest BCUT2D eigenvalue weighted by atomic mass is 10.2. The number of carbonyl (C=O) groups is 3. The van der Waals surface area contributed by atoms with Gasteiger partial charge in [-0.05, 0) is 55.8 Å². The summed E-state index contributed by atoms with van der Waals surface area (Å²) < 4.78 is 11.1. The standard InChI is InChI=1S/C21H22Cl2N4O5/c1-3-24-20(29)21(30)27-25-11-13-5-8-17(18(9-13)31-4-2)32-12-19(28)26-14-6-7-15(22)16(23)10-14/h5-11H,3-4,12H2,1-2H3,(H,24,29)(H,26,28)(H,27,30)/b25-11-. The smallest absolute Gasteiger partial charge is 0.329 e. The molecule has 0 bridgehead atoms. The van der Waals surface area contributed by atoms with E-state index in [0.29, 0.717) is 45.9 Å². The third-order valence-electron chi connectivity index (χ3n) is 3.75. The van der Waals surface area contributed by atoms with Gasteiger partial charge in [-0.1, -0.05) is 23.2 Å². The Hall–Kier alpha value is -3.30. The van der Waals surface area contributed by atoms with Gasteiger partial charge in [0.2, 0.25) is 0 Å². The molecular weight excluding hydrogens is 459 g/mol. The van der Waals surface area contributed by atoms with Gasteiger partial charge < -0.3 is 20.1 Å². The van der Waals surface area contributed by atoms with E-state index >= 15 is 0 Å². The van der Waals surface area contributed by atoms with Crippen LogP contribution in [0.4, 0.5) is 5.69 Å². The number of carbonyl (C=O) groups excluding carboxylic acids is 3. The van der Waals surface area contributed by atoms with Gasteiger partial charge in [0.15, 0.2) is 18.1 Å². The number of hydrogen-bond acceptors (Lipinski definition) is 6. The van der Waals surface area contributed by atoms with Gasteiger partial charge in [-0.25, -0.2) is 5.43 Å². The molecule has 0 unspecified atom stereocenters. The molecule has 0 radical (unpaired) electrons. The second-order valence-corrected chi connectivity index (χ2v) is 6.98. The topological polar surface area (TPSA) is 118 Å². The van der Waals surface area contributed by atoms with Gasteiger partial charge >= 0.3 is 11.8 Å². The van der Waals surface area contributed by atoms with Crippen LogP contribution < -0.4 is 25.5 Å². The summed E-state index contributed by atoms with van der Waals surface area (Å²) in [5.74, 6) is -1.32. The number of rotatable bonds is 9. The molecule has 11 heteroatoms. The molecule has 0 saturated carbocycles. The first-order valence-corrected chi connectivity index (χ1v) is 10.3. The van der Waals surface area contributed by atoms with E-state index in [2.05, 4.69) is 21.2 Å². The van der Waals surface area contributed by atoms with Crippen LogP contribution in [0, 0.1) is 0 Å². The molecule has 0 atom stereocenters. The third-order valence-corrected chi connectivity index (χ3v) is 4.49. The maximum absolute atomic E-state index is 12.2. The van der Waals surface area contributed by atoms with E-state index in [1.165, 1.54) is 12.3 Å². The highest BCUT2D eigenvalue weighted by Gasteiger charge is 2.12. The Kier molecular flexibility index (Phi) is 9.77. The first kappa shape index (κ1) is 25.0. The third kappa shape index (κ3) is 7.75. The Balaban J connectivity index is 1.98. The summed E-state index contributed by atoms with van der Waals surface area (Å²) in [5, 5.41) is 9.47. The first-order chi connectivity index (χ1) is 15.3. The van der Waals surface area contributed by atoms with Crippen LogP contribution in [0.2, 0.25) is 10.0 Å². The minimum absolute atomic E-state index is 0.268. The predicted molar refractivity (Wildman–Crippen MR) is 123 cm³/mol. The van der Waals surface area contributed by atoms with Crippen LogP contribution in [0.15, 0.2) is 41.5 Å². The average Bonchev–Trinajstić information content (AvgIpc) is 2.76. The van der Waals surface area contributed by atoms with Gasteiger partial charge in [-0.3, -0.25) is 14.4 Å². The van der Waals surface area contributed by atoms with Crippen molar-refractivity contribution in [2.45, 2.75) is 13.8 Å². The van der Waals surface area contributed by atoms with Crippen LogP contribution in [0.25, 0.3) is 0 Å². The van der Waals surface area contributed by atoms with Crippen molar-refractivity contribution >= 4 is 52.8 Å². The van der Waals surface area contributed by atoms with Crippen molar-refractivity contribution in [3.8, 4) is 11.5 Å². The number of nitrogens with zero attached hydrogens (tertiary/aromatic N) is 1. The van der Waals surface area contributed by atoms with Gasteiger partial charge in [0.1, 0.15) is 0 Å². The lowest BCUT2D eigenvalue weighted by Crippen LogP contribution is -2.37. The summed E-state index contributed by atoms with van der Waals surface area (Å²) in [7, 11) is 0. The lowest BCUT2D eigenvalue weighted by molar-refractivity contribution is -0.139. The second-order valence-electron chi connectivity index (χ2n) is 6.16. The zero-order valence-corrected chi connectivity index (χ0v) is 18.9. The van der Waals surface area contributed by atoms with Crippen LogP contribution >= 0.6 is 23.2 Å².